The Balaban J connectivity index is 1.76. The summed E-state index contributed by atoms with van der Waals surface area (Å²) in [5.74, 6) is 1.10. The number of hydrogen-bond acceptors (Lipinski definition) is 4. The van der Waals surface area contributed by atoms with Crippen LogP contribution in [0.1, 0.15) is 56.4 Å². The van der Waals surface area contributed by atoms with E-state index >= 15 is 0 Å². The third-order valence-corrected chi connectivity index (χ3v) is 5.59. The van der Waals surface area contributed by atoms with E-state index in [2.05, 4.69) is 67.7 Å². The van der Waals surface area contributed by atoms with Crippen LogP contribution in [0.3, 0.4) is 0 Å². The van der Waals surface area contributed by atoms with Gasteiger partial charge in [-0.3, -0.25) is 0 Å². The molecule has 0 bridgehead atoms. The Bertz CT molecular complexity index is 825. The third-order valence-electron chi connectivity index (χ3n) is 4.17. The molecule has 1 N–H and O–H groups in total. The molecule has 1 unspecified atom stereocenters. The molecule has 0 fully saturated rings. The zero-order chi connectivity index (χ0) is 17.3. The Morgan fingerprint density at radius 3 is 2.67 bits per heavy atom. The Morgan fingerprint density at radius 2 is 2.00 bits per heavy atom. The van der Waals surface area contributed by atoms with Gasteiger partial charge in [0.05, 0.1) is 22.1 Å². The van der Waals surface area contributed by atoms with Crippen molar-refractivity contribution in [3.63, 3.8) is 0 Å². The second-order valence-electron chi connectivity index (χ2n) is 7.19. The van der Waals surface area contributed by atoms with E-state index < -0.39 is 0 Å². The summed E-state index contributed by atoms with van der Waals surface area (Å²) in [6, 6.07) is 8.53. The number of rotatable bonds is 5. The monoisotopic (exact) mass is 342 g/mol. The normalized spacial score (nSPS) is 13.5. The molecule has 2 heterocycles. The summed E-state index contributed by atoms with van der Waals surface area (Å²) >= 11 is 1.79. The summed E-state index contributed by atoms with van der Waals surface area (Å²) in [7, 11) is 0. The van der Waals surface area contributed by atoms with Crippen molar-refractivity contribution in [1.82, 2.24) is 19.9 Å². The van der Waals surface area contributed by atoms with Crippen molar-refractivity contribution >= 4 is 22.4 Å². The number of nitrogens with zero attached hydrogens (tertiary/aromatic N) is 3. The van der Waals surface area contributed by atoms with Crippen LogP contribution in [0.5, 0.6) is 0 Å². The summed E-state index contributed by atoms with van der Waals surface area (Å²) < 4.78 is 2.29. The van der Waals surface area contributed by atoms with Crippen LogP contribution in [0.25, 0.3) is 11.0 Å². The molecule has 24 heavy (non-hydrogen) atoms. The number of aryl methyl sites for hydroxylation is 1. The lowest BCUT2D eigenvalue weighted by Gasteiger charge is -2.15. The van der Waals surface area contributed by atoms with Crippen molar-refractivity contribution in [3.8, 4) is 0 Å². The molecule has 0 spiro atoms. The Morgan fingerprint density at radius 1 is 1.25 bits per heavy atom. The lowest BCUT2D eigenvalue weighted by Crippen LogP contribution is -2.21. The van der Waals surface area contributed by atoms with Gasteiger partial charge in [0.2, 0.25) is 0 Å². The predicted molar refractivity (Wildman–Crippen MR) is 101 cm³/mol. The molecule has 0 saturated carbocycles. The van der Waals surface area contributed by atoms with E-state index in [1.165, 1.54) is 15.4 Å². The van der Waals surface area contributed by atoms with E-state index in [0.717, 1.165) is 24.4 Å². The topological polar surface area (TPSA) is 42.7 Å². The van der Waals surface area contributed by atoms with Crippen molar-refractivity contribution in [3.05, 3.63) is 46.2 Å². The predicted octanol–water partition coefficient (Wildman–Crippen LogP) is 4.66. The molecular weight excluding hydrogens is 316 g/mol. The van der Waals surface area contributed by atoms with Gasteiger partial charge in [-0.1, -0.05) is 32.9 Å². The van der Waals surface area contributed by atoms with Crippen LogP contribution >= 0.6 is 11.3 Å². The summed E-state index contributed by atoms with van der Waals surface area (Å²) in [4.78, 5) is 10.7. The summed E-state index contributed by atoms with van der Waals surface area (Å²) in [5, 5.41) is 4.79. The van der Waals surface area contributed by atoms with Gasteiger partial charge in [0.25, 0.3) is 0 Å². The smallest absolute Gasteiger partial charge is 0.126 e. The molecule has 0 aliphatic heterocycles. The number of nitrogens with one attached hydrogen (secondary N) is 1. The first kappa shape index (κ1) is 17.1. The van der Waals surface area contributed by atoms with Gasteiger partial charge in [-0.2, -0.15) is 0 Å². The summed E-state index contributed by atoms with van der Waals surface area (Å²) in [5.41, 5.74) is 2.39. The van der Waals surface area contributed by atoms with E-state index in [-0.39, 0.29) is 11.5 Å². The Kier molecular flexibility index (Phi) is 4.74. The van der Waals surface area contributed by atoms with Crippen LogP contribution in [0, 0.1) is 0 Å². The van der Waals surface area contributed by atoms with Crippen molar-refractivity contribution in [2.75, 3.05) is 0 Å². The highest BCUT2D eigenvalue weighted by atomic mass is 32.1. The molecule has 0 aliphatic rings. The second kappa shape index (κ2) is 6.65. The van der Waals surface area contributed by atoms with Gasteiger partial charge in [0, 0.05) is 29.6 Å². The minimum atomic E-state index is 0.116. The number of imidazole rings is 1. The lowest BCUT2D eigenvalue weighted by atomic mass is 9.98. The van der Waals surface area contributed by atoms with Gasteiger partial charge in [0.15, 0.2) is 0 Å². The molecule has 3 rings (SSSR count). The van der Waals surface area contributed by atoms with Crippen LogP contribution in [0.2, 0.25) is 0 Å². The van der Waals surface area contributed by atoms with Crippen LogP contribution in [-0.4, -0.2) is 14.5 Å². The minimum absolute atomic E-state index is 0.116. The first-order chi connectivity index (χ1) is 11.4. The van der Waals surface area contributed by atoms with Gasteiger partial charge >= 0.3 is 0 Å². The zero-order valence-electron chi connectivity index (χ0n) is 15.1. The fourth-order valence-corrected chi connectivity index (χ4v) is 3.76. The standard InChI is InChI=1S/C19H26N4S/c1-6-23-16-10-8-7-9-15(16)22-17(23)13(2)20-11-14-12-21-18(24-14)19(3,4)5/h7-10,12-13,20H,6,11H2,1-5H3. The number of benzene rings is 1. The molecule has 2 aromatic heterocycles. The third kappa shape index (κ3) is 3.37. The van der Waals surface area contributed by atoms with E-state index in [0.29, 0.717) is 0 Å². The van der Waals surface area contributed by atoms with E-state index in [1.54, 1.807) is 11.3 Å². The van der Waals surface area contributed by atoms with Gasteiger partial charge in [-0.15, -0.1) is 11.3 Å². The lowest BCUT2D eigenvalue weighted by molar-refractivity contribution is 0.524. The average molecular weight is 343 g/mol. The maximum Gasteiger partial charge on any atom is 0.126 e. The van der Waals surface area contributed by atoms with Crippen molar-refractivity contribution in [2.45, 2.75) is 59.2 Å². The molecule has 128 valence electrons. The average Bonchev–Trinajstić information content (AvgIpc) is 3.16. The first-order valence-electron chi connectivity index (χ1n) is 8.54. The second-order valence-corrected chi connectivity index (χ2v) is 8.30. The highest BCUT2D eigenvalue weighted by Gasteiger charge is 2.19. The molecule has 0 aliphatic carbocycles. The van der Waals surface area contributed by atoms with Crippen molar-refractivity contribution in [2.24, 2.45) is 0 Å². The molecule has 0 saturated heterocycles. The van der Waals surface area contributed by atoms with Crippen LogP contribution < -0.4 is 5.32 Å². The first-order valence-corrected chi connectivity index (χ1v) is 9.35. The number of para-hydroxylation sites is 2. The maximum atomic E-state index is 4.83. The van der Waals surface area contributed by atoms with Gasteiger partial charge < -0.3 is 9.88 Å². The molecular formula is C19H26N4S. The Labute approximate surface area is 148 Å². The van der Waals surface area contributed by atoms with Crippen molar-refractivity contribution in [1.29, 1.82) is 0 Å². The largest absolute Gasteiger partial charge is 0.327 e. The molecule has 0 radical (unpaired) electrons. The van der Waals surface area contributed by atoms with Gasteiger partial charge in [0.1, 0.15) is 5.82 Å². The number of fused-ring (bicyclic) bond motifs is 1. The molecule has 3 aromatic rings. The molecule has 5 heteroatoms. The maximum absolute atomic E-state index is 4.83. The highest BCUT2D eigenvalue weighted by Crippen LogP contribution is 2.27. The highest BCUT2D eigenvalue weighted by molar-refractivity contribution is 7.11. The van der Waals surface area contributed by atoms with Crippen LogP contribution in [-0.2, 0) is 18.5 Å². The van der Waals surface area contributed by atoms with Crippen LogP contribution in [0.15, 0.2) is 30.5 Å². The fourth-order valence-electron chi connectivity index (χ4n) is 2.84. The number of aromatic nitrogens is 3. The van der Waals surface area contributed by atoms with Crippen LogP contribution in [0.4, 0.5) is 0 Å². The quantitative estimate of drug-likeness (QED) is 0.733. The Hall–Kier alpha value is -1.72. The van der Waals surface area contributed by atoms with E-state index in [9.17, 15) is 0 Å². The molecule has 1 aromatic carbocycles. The van der Waals surface area contributed by atoms with E-state index in [4.69, 9.17) is 4.98 Å². The summed E-state index contributed by atoms with van der Waals surface area (Å²) in [6.07, 6.45) is 1.99. The SMILES string of the molecule is CCn1c(C(C)NCc2cnc(C(C)(C)C)s2)nc2ccccc21. The molecule has 4 nitrogen and oxygen atoms in total. The fraction of sp³-hybridized carbons (Fsp3) is 0.474. The number of thiazole rings is 1. The van der Waals surface area contributed by atoms with Gasteiger partial charge in [-0.25, -0.2) is 9.97 Å². The van der Waals surface area contributed by atoms with Crippen molar-refractivity contribution < 1.29 is 0 Å². The minimum Gasteiger partial charge on any atom is -0.327 e. The zero-order valence-corrected chi connectivity index (χ0v) is 15.9. The molecule has 0 amide bonds. The number of hydrogen-bond donors (Lipinski definition) is 1. The van der Waals surface area contributed by atoms with Gasteiger partial charge in [-0.05, 0) is 26.0 Å². The molecule has 1 atom stereocenters. The summed E-state index contributed by atoms with van der Waals surface area (Å²) in [6.45, 7) is 12.7. The van der Waals surface area contributed by atoms with E-state index in [1.807, 2.05) is 12.3 Å².